The smallest absolute Gasteiger partial charge is 0.253 e. The number of aliphatic hydroxyl groups excluding tert-OH is 1. The van der Waals surface area contributed by atoms with Crippen LogP contribution in [0.4, 0.5) is 0 Å². The Morgan fingerprint density at radius 2 is 2.11 bits per heavy atom. The fraction of sp³-hybridized carbons (Fsp3) is 0.400. The summed E-state index contributed by atoms with van der Waals surface area (Å²) in [6.45, 7) is 0.0133. The van der Waals surface area contributed by atoms with Crippen molar-refractivity contribution in [2.45, 2.75) is 31.2 Å². The van der Waals surface area contributed by atoms with Gasteiger partial charge >= 0.3 is 0 Å². The van der Waals surface area contributed by atoms with Crippen molar-refractivity contribution in [2.24, 2.45) is 0 Å². The van der Waals surface area contributed by atoms with Gasteiger partial charge in [0.15, 0.2) is 0 Å². The van der Waals surface area contributed by atoms with Crippen LogP contribution in [0.3, 0.4) is 0 Å². The molecule has 0 aliphatic heterocycles. The predicted octanol–water partition coefficient (Wildman–Crippen LogP) is 2.20. The zero-order chi connectivity index (χ0) is 13.3. The molecular weight excluding hydrogens is 240 g/mol. The molecule has 0 atom stereocenters. The molecule has 100 valence electrons. The van der Waals surface area contributed by atoms with Gasteiger partial charge in [0.25, 0.3) is 5.91 Å². The first-order chi connectivity index (χ1) is 9.24. The number of amides is 1. The summed E-state index contributed by atoms with van der Waals surface area (Å²) in [5.41, 5.74) is 1.07. The topological polar surface area (TPSA) is 65.1 Å². The molecule has 0 spiro atoms. The minimum absolute atomic E-state index is 0.0133. The van der Waals surface area contributed by atoms with Crippen LogP contribution in [0, 0.1) is 0 Å². The van der Waals surface area contributed by atoms with E-state index in [1.54, 1.807) is 0 Å². The Bertz CT molecular complexity index is 597. The molecule has 1 saturated carbocycles. The second-order valence-corrected chi connectivity index (χ2v) is 5.35. The van der Waals surface area contributed by atoms with Gasteiger partial charge < -0.3 is 15.4 Å². The number of aromatic amines is 1. The lowest BCUT2D eigenvalue weighted by molar-refractivity contribution is 0.0840. The van der Waals surface area contributed by atoms with Gasteiger partial charge in [-0.05, 0) is 25.0 Å². The number of benzene rings is 1. The molecule has 1 aliphatic rings. The second-order valence-electron chi connectivity index (χ2n) is 5.35. The van der Waals surface area contributed by atoms with Crippen LogP contribution in [0.2, 0.25) is 0 Å². The summed E-state index contributed by atoms with van der Waals surface area (Å²) < 4.78 is 0. The van der Waals surface area contributed by atoms with E-state index in [-0.39, 0.29) is 12.5 Å². The minimum atomic E-state index is -0.425. The van der Waals surface area contributed by atoms with Crippen LogP contribution in [0.25, 0.3) is 10.9 Å². The molecule has 0 saturated heterocycles. The maximum absolute atomic E-state index is 12.4. The highest BCUT2D eigenvalue weighted by atomic mass is 16.3. The lowest BCUT2D eigenvalue weighted by Gasteiger charge is -2.28. The first-order valence-corrected chi connectivity index (χ1v) is 6.74. The number of nitrogens with one attached hydrogen (secondary N) is 2. The zero-order valence-electron chi connectivity index (χ0n) is 10.8. The molecule has 19 heavy (non-hydrogen) atoms. The van der Waals surface area contributed by atoms with Gasteiger partial charge in [-0.25, -0.2) is 0 Å². The first kappa shape index (κ1) is 12.2. The van der Waals surface area contributed by atoms with Gasteiger partial charge in [0.1, 0.15) is 0 Å². The lowest BCUT2D eigenvalue weighted by Crippen LogP contribution is -2.49. The quantitative estimate of drug-likeness (QED) is 0.790. The average molecular weight is 258 g/mol. The Hall–Kier alpha value is -1.81. The number of fused-ring (bicyclic) bond motifs is 1. The van der Waals surface area contributed by atoms with Crippen molar-refractivity contribution in [2.75, 3.05) is 6.61 Å². The van der Waals surface area contributed by atoms with Gasteiger partial charge in [0, 0.05) is 11.6 Å². The maximum atomic E-state index is 12.4. The molecular formula is C15H18N2O2. The normalized spacial score (nSPS) is 17.7. The summed E-state index contributed by atoms with van der Waals surface area (Å²) >= 11 is 0. The molecule has 3 rings (SSSR count). The summed E-state index contributed by atoms with van der Waals surface area (Å²) in [7, 11) is 0. The van der Waals surface area contributed by atoms with Crippen molar-refractivity contribution in [1.29, 1.82) is 0 Å². The zero-order valence-corrected chi connectivity index (χ0v) is 10.8. The molecule has 3 N–H and O–H groups in total. The monoisotopic (exact) mass is 258 g/mol. The van der Waals surface area contributed by atoms with E-state index in [4.69, 9.17) is 0 Å². The summed E-state index contributed by atoms with van der Waals surface area (Å²) in [5, 5.41) is 13.6. The largest absolute Gasteiger partial charge is 0.394 e. The second kappa shape index (κ2) is 4.70. The van der Waals surface area contributed by atoms with Crippen molar-refractivity contribution in [3.63, 3.8) is 0 Å². The fourth-order valence-corrected chi connectivity index (χ4v) is 2.96. The Morgan fingerprint density at radius 1 is 1.32 bits per heavy atom. The van der Waals surface area contributed by atoms with Gasteiger partial charge in [-0.3, -0.25) is 4.79 Å². The Labute approximate surface area is 111 Å². The Morgan fingerprint density at radius 3 is 2.84 bits per heavy atom. The fourth-order valence-electron chi connectivity index (χ4n) is 2.96. The molecule has 1 fully saturated rings. The van der Waals surface area contributed by atoms with Gasteiger partial charge in [-0.1, -0.05) is 25.0 Å². The van der Waals surface area contributed by atoms with Gasteiger partial charge in [-0.15, -0.1) is 0 Å². The van der Waals surface area contributed by atoms with Gasteiger partial charge in [-0.2, -0.15) is 0 Å². The van der Waals surface area contributed by atoms with E-state index in [2.05, 4.69) is 10.3 Å². The number of carbonyl (C=O) groups excluding carboxylic acids is 1. The molecule has 1 aliphatic carbocycles. The molecule has 1 aromatic heterocycles. The number of hydrogen-bond acceptors (Lipinski definition) is 2. The van der Waals surface area contributed by atoms with Gasteiger partial charge in [0.2, 0.25) is 0 Å². The van der Waals surface area contributed by atoms with Crippen molar-refractivity contribution < 1.29 is 9.90 Å². The molecule has 2 aromatic rings. The van der Waals surface area contributed by atoms with E-state index in [1.807, 2.05) is 30.5 Å². The van der Waals surface area contributed by atoms with Crippen LogP contribution in [0.1, 0.15) is 36.0 Å². The molecule has 1 heterocycles. The summed E-state index contributed by atoms with van der Waals surface area (Å²) in [6.07, 6.45) is 5.67. The number of H-pyrrole nitrogens is 1. The lowest BCUT2D eigenvalue weighted by atomic mass is 9.98. The van der Waals surface area contributed by atoms with Crippen molar-refractivity contribution in [1.82, 2.24) is 10.3 Å². The summed E-state index contributed by atoms with van der Waals surface area (Å²) in [4.78, 5) is 15.5. The number of hydrogen-bond donors (Lipinski definition) is 3. The van der Waals surface area contributed by atoms with Crippen LogP contribution >= 0.6 is 0 Å². The third kappa shape index (κ3) is 2.12. The van der Waals surface area contributed by atoms with E-state index in [9.17, 15) is 9.90 Å². The SMILES string of the molecule is O=C(NC1(CO)CCCC1)c1cccc2cc[nH]c12. The Kier molecular flexibility index (Phi) is 3.03. The van der Waals surface area contributed by atoms with E-state index < -0.39 is 5.54 Å². The highest BCUT2D eigenvalue weighted by molar-refractivity contribution is 6.05. The number of carbonyl (C=O) groups is 1. The number of aliphatic hydroxyl groups is 1. The average Bonchev–Trinajstić information content (AvgIpc) is 3.06. The standard InChI is InChI=1S/C15H18N2O2/c18-10-15(7-1-2-8-15)17-14(19)12-5-3-4-11-6-9-16-13(11)12/h3-6,9,16,18H,1-2,7-8,10H2,(H,17,19). The Balaban J connectivity index is 1.89. The van der Waals surface area contributed by atoms with Gasteiger partial charge in [0.05, 0.1) is 23.2 Å². The third-order valence-corrected chi connectivity index (χ3v) is 4.07. The van der Waals surface area contributed by atoms with Crippen LogP contribution in [0.15, 0.2) is 30.5 Å². The van der Waals surface area contributed by atoms with Crippen LogP contribution < -0.4 is 5.32 Å². The van der Waals surface area contributed by atoms with E-state index in [0.717, 1.165) is 36.6 Å². The number of rotatable bonds is 3. The predicted molar refractivity (Wildman–Crippen MR) is 74.0 cm³/mol. The highest BCUT2D eigenvalue weighted by Gasteiger charge is 2.35. The summed E-state index contributed by atoms with van der Waals surface area (Å²) in [5.74, 6) is -0.107. The van der Waals surface area contributed by atoms with Crippen molar-refractivity contribution in [3.8, 4) is 0 Å². The molecule has 4 heteroatoms. The molecule has 1 aromatic carbocycles. The number of para-hydroxylation sites is 1. The third-order valence-electron chi connectivity index (χ3n) is 4.07. The molecule has 0 radical (unpaired) electrons. The van der Waals surface area contributed by atoms with Crippen LogP contribution in [-0.2, 0) is 0 Å². The summed E-state index contributed by atoms with van der Waals surface area (Å²) in [6, 6.07) is 7.61. The first-order valence-electron chi connectivity index (χ1n) is 6.74. The molecule has 1 amide bonds. The van der Waals surface area contributed by atoms with Crippen molar-refractivity contribution in [3.05, 3.63) is 36.0 Å². The molecule has 0 bridgehead atoms. The van der Waals surface area contributed by atoms with E-state index in [0.29, 0.717) is 5.56 Å². The maximum Gasteiger partial charge on any atom is 0.253 e. The number of aromatic nitrogens is 1. The van der Waals surface area contributed by atoms with E-state index >= 15 is 0 Å². The minimum Gasteiger partial charge on any atom is -0.394 e. The van der Waals surface area contributed by atoms with E-state index in [1.165, 1.54) is 0 Å². The van der Waals surface area contributed by atoms with Crippen molar-refractivity contribution >= 4 is 16.8 Å². The molecule has 0 unspecified atom stereocenters. The molecule has 4 nitrogen and oxygen atoms in total. The highest BCUT2D eigenvalue weighted by Crippen LogP contribution is 2.29. The van der Waals surface area contributed by atoms with Crippen LogP contribution in [0.5, 0.6) is 0 Å². The van der Waals surface area contributed by atoms with Crippen LogP contribution in [-0.4, -0.2) is 28.1 Å².